The lowest BCUT2D eigenvalue weighted by Gasteiger charge is -2.23. The van der Waals surface area contributed by atoms with Crippen LogP contribution in [0.2, 0.25) is 5.02 Å². The van der Waals surface area contributed by atoms with Crippen LogP contribution in [0.1, 0.15) is 36.6 Å². The van der Waals surface area contributed by atoms with Gasteiger partial charge in [-0.1, -0.05) is 47.2 Å². The number of nitrogens with zero attached hydrogens (tertiary/aromatic N) is 2. The first kappa shape index (κ1) is 32.3. The van der Waals surface area contributed by atoms with Crippen molar-refractivity contribution in [1.82, 2.24) is 4.57 Å². The molecule has 0 unspecified atom stereocenters. The molecule has 8 nitrogen and oxygen atoms in total. The third kappa shape index (κ3) is 6.75. The second-order valence-corrected chi connectivity index (χ2v) is 12.9. The van der Waals surface area contributed by atoms with E-state index in [1.54, 1.807) is 18.2 Å². The average Bonchev–Trinajstić information content (AvgIpc) is 3.32. The van der Waals surface area contributed by atoms with Crippen molar-refractivity contribution in [3.63, 3.8) is 0 Å². The largest absolute Gasteiger partial charge is 0.490 e. The third-order valence-electron chi connectivity index (χ3n) is 6.66. The molecule has 1 atom stereocenters. The molecule has 5 rings (SSSR count). The maximum atomic E-state index is 14.0. The molecule has 4 aromatic rings. The number of esters is 1. The van der Waals surface area contributed by atoms with Crippen LogP contribution in [-0.2, 0) is 16.1 Å². The highest BCUT2D eigenvalue weighted by Crippen LogP contribution is 2.36. The van der Waals surface area contributed by atoms with Crippen molar-refractivity contribution >= 4 is 73.5 Å². The molecule has 0 fully saturated rings. The molecule has 1 aromatic heterocycles. The van der Waals surface area contributed by atoms with Crippen LogP contribution in [0.5, 0.6) is 17.2 Å². The van der Waals surface area contributed by atoms with Gasteiger partial charge in [0.2, 0.25) is 0 Å². The van der Waals surface area contributed by atoms with Crippen LogP contribution in [-0.4, -0.2) is 30.9 Å². The molecule has 3 aromatic carbocycles. The number of halogens is 3. The van der Waals surface area contributed by atoms with Gasteiger partial charge >= 0.3 is 5.97 Å². The number of methoxy groups -OCH3 is 1. The predicted molar refractivity (Wildman–Crippen MR) is 183 cm³/mol. The Kier molecular flexibility index (Phi) is 10.5. The molecule has 12 heteroatoms. The molecule has 1 aliphatic heterocycles. The van der Waals surface area contributed by atoms with E-state index < -0.39 is 12.0 Å². The molecule has 228 valence electrons. The minimum absolute atomic E-state index is 0.232. The molecule has 0 N–H and O–H groups in total. The molecule has 44 heavy (non-hydrogen) atoms. The number of carbonyl (C=O) groups is 1. The van der Waals surface area contributed by atoms with Crippen molar-refractivity contribution in [3.8, 4) is 17.2 Å². The summed E-state index contributed by atoms with van der Waals surface area (Å²) in [5, 5.41) is 0.638. The molecule has 0 bridgehead atoms. The lowest BCUT2D eigenvalue weighted by Crippen LogP contribution is -2.39. The molecule has 0 spiro atoms. The Bertz CT molecular complexity index is 1920. The van der Waals surface area contributed by atoms with Crippen molar-refractivity contribution < 1.29 is 23.7 Å². The smallest absolute Gasteiger partial charge is 0.337 e. The topological polar surface area (TPSA) is 88.4 Å². The Labute approximate surface area is 284 Å². The van der Waals surface area contributed by atoms with Crippen LogP contribution < -0.4 is 29.1 Å². The minimum atomic E-state index is -0.775. The number of hydrogen-bond acceptors (Lipinski definition) is 8. The monoisotopic (exact) mass is 808 g/mol. The highest BCUT2D eigenvalue weighted by atomic mass is 127. The minimum Gasteiger partial charge on any atom is -0.490 e. The average molecular weight is 810 g/mol. The van der Waals surface area contributed by atoms with Crippen LogP contribution in [0, 0.1) is 3.57 Å². The van der Waals surface area contributed by atoms with E-state index in [1.165, 1.54) is 29.2 Å². The fourth-order valence-corrected chi connectivity index (χ4v) is 7.63. The molecule has 1 aliphatic rings. The number of thiazole rings is 1. The van der Waals surface area contributed by atoms with E-state index >= 15 is 0 Å². The summed E-state index contributed by atoms with van der Waals surface area (Å²) < 4.78 is 26.3. The quantitative estimate of drug-likeness (QED) is 0.136. The number of carbonyl (C=O) groups excluding carboxylic acids is 1. The first-order valence-corrected chi connectivity index (χ1v) is 16.7. The van der Waals surface area contributed by atoms with Gasteiger partial charge in [-0.2, -0.15) is 0 Å². The van der Waals surface area contributed by atoms with Crippen LogP contribution in [0.3, 0.4) is 0 Å². The van der Waals surface area contributed by atoms with E-state index in [0.29, 0.717) is 57.0 Å². The van der Waals surface area contributed by atoms with Gasteiger partial charge in [0.1, 0.15) is 12.4 Å². The summed E-state index contributed by atoms with van der Waals surface area (Å²) in [6.45, 7) is 4.96. The van der Waals surface area contributed by atoms with Crippen LogP contribution in [0.25, 0.3) is 6.08 Å². The number of ether oxygens (including phenoxy) is 4. The maximum Gasteiger partial charge on any atom is 0.337 e. The number of hydrogen-bond donors (Lipinski definition) is 0. The van der Waals surface area contributed by atoms with Crippen molar-refractivity contribution in [2.24, 2.45) is 4.99 Å². The van der Waals surface area contributed by atoms with Gasteiger partial charge in [-0.05, 0) is 99.9 Å². The second-order valence-electron chi connectivity index (χ2n) is 9.44. The third-order valence-corrected chi connectivity index (χ3v) is 9.41. The molecular weight excluding hydrogens is 783 g/mol. The molecule has 0 aliphatic carbocycles. The van der Waals surface area contributed by atoms with Gasteiger partial charge in [-0.25, -0.2) is 9.79 Å². The molecule has 0 saturated heterocycles. The lowest BCUT2D eigenvalue weighted by molar-refractivity contribution is -0.136. The van der Waals surface area contributed by atoms with Crippen LogP contribution in [0.4, 0.5) is 0 Å². The van der Waals surface area contributed by atoms with Gasteiger partial charge in [0.15, 0.2) is 16.3 Å². The summed E-state index contributed by atoms with van der Waals surface area (Å²) in [6.07, 6.45) is 3.27. The normalized spacial score (nSPS) is 14.4. The van der Waals surface area contributed by atoms with E-state index in [0.717, 1.165) is 19.2 Å². The number of rotatable bonds is 10. The zero-order chi connectivity index (χ0) is 31.4. The van der Waals surface area contributed by atoms with Gasteiger partial charge in [0.05, 0.1) is 44.5 Å². The zero-order valence-electron chi connectivity index (χ0n) is 23.9. The summed E-state index contributed by atoms with van der Waals surface area (Å²) in [6, 6.07) is 16.0. The van der Waals surface area contributed by atoms with Crippen molar-refractivity contribution in [2.45, 2.75) is 26.5 Å². The SMILES string of the molecule is CCOc1ccc([C@H]2C(C(=O)OC)=CN=c3s/c(=C\c4cc(Br)c(OCc5ccccc5Cl)c(I)c4)c(=O)n32)cc1OCC. The Hall–Kier alpha value is -3.13. The predicted octanol–water partition coefficient (Wildman–Crippen LogP) is 6.42. The van der Waals surface area contributed by atoms with Gasteiger partial charge in [-0.3, -0.25) is 9.36 Å². The zero-order valence-corrected chi connectivity index (χ0v) is 29.3. The summed E-state index contributed by atoms with van der Waals surface area (Å²) in [7, 11) is 1.30. The first-order valence-electron chi connectivity index (χ1n) is 13.6. The van der Waals surface area contributed by atoms with Crippen molar-refractivity contribution in [2.75, 3.05) is 20.3 Å². The maximum absolute atomic E-state index is 14.0. The fraction of sp³-hybridized carbons (Fsp3) is 0.219. The molecule has 0 saturated carbocycles. The number of fused-ring (bicyclic) bond motifs is 1. The van der Waals surface area contributed by atoms with Gasteiger partial charge < -0.3 is 18.9 Å². The van der Waals surface area contributed by atoms with E-state index in [2.05, 4.69) is 43.5 Å². The Balaban J connectivity index is 1.55. The fourth-order valence-electron chi connectivity index (χ4n) is 4.70. The van der Waals surface area contributed by atoms with E-state index in [4.69, 9.17) is 30.5 Å². The van der Waals surface area contributed by atoms with Crippen molar-refractivity contribution in [1.29, 1.82) is 0 Å². The van der Waals surface area contributed by atoms with Crippen LogP contribution in [0.15, 0.2) is 80.6 Å². The Morgan fingerprint density at radius 1 is 1.09 bits per heavy atom. The Morgan fingerprint density at radius 3 is 2.55 bits per heavy atom. The van der Waals surface area contributed by atoms with Gasteiger partial charge in [0.25, 0.3) is 5.56 Å². The van der Waals surface area contributed by atoms with Crippen molar-refractivity contribution in [3.05, 3.63) is 116 Å². The number of benzene rings is 3. The Morgan fingerprint density at radius 2 is 1.84 bits per heavy atom. The highest BCUT2D eigenvalue weighted by molar-refractivity contribution is 14.1. The summed E-state index contributed by atoms with van der Waals surface area (Å²) in [5.74, 6) is 1.19. The summed E-state index contributed by atoms with van der Waals surface area (Å²) >= 11 is 13.4. The standard InChI is InChI=1S/C32H27BrClIN2O6S/c1-4-41-25-11-10-19(15-26(25)42-5-2)28-21(31(39)40-3)16-36-32-37(28)30(38)27(44-32)14-18-12-22(33)29(24(35)13-18)43-17-20-8-6-7-9-23(20)34/h6-16,28H,4-5,17H2,1-3H3/b27-14-/t28-/m0/s1. The van der Waals surface area contributed by atoms with E-state index in [-0.39, 0.29) is 11.1 Å². The summed E-state index contributed by atoms with van der Waals surface area (Å²) in [5.41, 5.74) is 2.28. The van der Waals surface area contributed by atoms with E-state index in [1.807, 2.05) is 56.3 Å². The van der Waals surface area contributed by atoms with Gasteiger partial charge in [0, 0.05) is 16.8 Å². The van der Waals surface area contributed by atoms with Gasteiger partial charge in [-0.15, -0.1) is 0 Å². The first-order chi connectivity index (χ1) is 21.2. The molecular formula is C32H27BrClIN2O6S. The van der Waals surface area contributed by atoms with E-state index in [9.17, 15) is 9.59 Å². The molecule has 0 radical (unpaired) electrons. The van der Waals surface area contributed by atoms with Crippen LogP contribution >= 0.6 is 61.5 Å². The second kappa shape index (κ2) is 14.3. The summed E-state index contributed by atoms with van der Waals surface area (Å²) in [4.78, 5) is 31.7. The lowest BCUT2D eigenvalue weighted by atomic mass is 9.97. The highest BCUT2D eigenvalue weighted by Gasteiger charge is 2.31. The molecule has 0 amide bonds. The molecule has 2 heterocycles. The number of aromatic nitrogens is 1.